The number of rotatable bonds is 7. The summed E-state index contributed by atoms with van der Waals surface area (Å²) in [6.07, 6.45) is 7.33. The Morgan fingerprint density at radius 2 is 2.03 bits per heavy atom. The monoisotopic (exact) mass is 414 g/mol. The predicted molar refractivity (Wildman–Crippen MR) is 112 cm³/mol. The van der Waals surface area contributed by atoms with Crippen LogP contribution in [-0.2, 0) is 9.59 Å². The van der Waals surface area contributed by atoms with Crippen molar-refractivity contribution in [1.29, 1.82) is 0 Å². The van der Waals surface area contributed by atoms with Crippen LogP contribution < -0.4 is 10.1 Å². The highest BCUT2D eigenvalue weighted by molar-refractivity contribution is 8.18. The molecule has 2 aliphatic carbocycles. The van der Waals surface area contributed by atoms with Crippen molar-refractivity contribution in [2.24, 2.45) is 17.8 Å². The maximum atomic E-state index is 12.6. The van der Waals surface area contributed by atoms with E-state index in [0.29, 0.717) is 23.8 Å². The number of imide groups is 1. The van der Waals surface area contributed by atoms with E-state index in [0.717, 1.165) is 34.9 Å². The number of carbonyl (C=O) groups excluding carboxylic acids is 3. The summed E-state index contributed by atoms with van der Waals surface area (Å²) in [5.74, 6) is 2.51. The summed E-state index contributed by atoms with van der Waals surface area (Å²) in [5.41, 5.74) is 0.829. The van der Waals surface area contributed by atoms with Crippen molar-refractivity contribution in [1.82, 2.24) is 10.2 Å². The van der Waals surface area contributed by atoms with Gasteiger partial charge in [-0.3, -0.25) is 19.3 Å². The molecule has 3 atom stereocenters. The number of thioether (sulfide) groups is 1. The van der Waals surface area contributed by atoms with E-state index >= 15 is 0 Å². The number of fused-ring (bicyclic) bond motifs is 2. The minimum absolute atomic E-state index is 0.0308. The topological polar surface area (TPSA) is 75.7 Å². The van der Waals surface area contributed by atoms with Gasteiger partial charge in [0, 0.05) is 19.5 Å². The highest BCUT2D eigenvalue weighted by Gasteiger charge is 2.40. The van der Waals surface area contributed by atoms with Crippen molar-refractivity contribution in [3.05, 3.63) is 34.7 Å². The molecule has 0 aromatic heterocycles. The molecule has 0 radical (unpaired) electrons. The number of amides is 3. The Morgan fingerprint density at radius 3 is 2.69 bits per heavy atom. The SMILES string of the molecule is COc1ccc(/C=C2\SC(=O)N(CCNC(=O)C[C@H]3C[C@@H]4CC[C@@H]3C4)C2=O)cc1. The van der Waals surface area contributed by atoms with Crippen molar-refractivity contribution < 1.29 is 19.1 Å². The fourth-order valence-corrected chi connectivity index (χ4v) is 5.65. The Bertz CT molecular complexity index is 836. The van der Waals surface area contributed by atoms with Gasteiger partial charge in [-0.05, 0) is 72.6 Å². The average Bonchev–Trinajstić information content (AvgIpc) is 3.40. The first-order chi connectivity index (χ1) is 14.0. The first kappa shape index (κ1) is 20.0. The van der Waals surface area contributed by atoms with Gasteiger partial charge >= 0.3 is 0 Å². The lowest BCUT2D eigenvalue weighted by Crippen LogP contribution is -2.38. The molecule has 3 fully saturated rings. The Hall–Kier alpha value is -2.28. The van der Waals surface area contributed by atoms with Gasteiger partial charge in [-0.2, -0.15) is 0 Å². The van der Waals surface area contributed by atoms with Crippen LogP contribution in [0.2, 0.25) is 0 Å². The van der Waals surface area contributed by atoms with Gasteiger partial charge in [-0.1, -0.05) is 18.6 Å². The molecule has 2 bridgehead atoms. The third-order valence-corrected chi connectivity index (χ3v) is 7.18. The third kappa shape index (κ3) is 4.50. The van der Waals surface area contributed by atoms with Gasteiger partial charge in [-0.15, -0.1) is 0 Å². The van der Waals surface area contributed by atoms with Gasteiger partial charge in [0.25, 0.3) is 11.1 Å². The zero-order valence-corrected chi connectivity index (χ0v) is 17.4. The van der Waals surface area contributed by atoms with Crippen molar-refractivity contribution in [3.8, 4) is 5.75 Å². The van der Waals surface area contributed by atoms with Gasteiger partial charge < -0.3 is 10.1 Å². The van der Waals surface area contributed by atoms with Gasteiger partial charge in [0.1, 0.15) is 5.75 Å². The number of hydrogen-bond acceptors (Lipinski definition) is 5. The fraction of sp³-hybridized carbons (Fsp3) is 0.500. The molecule has 1 N–H and O–H groups in total. The number of nitrogens with one attached hydrogen (secondary N) is 1. The zero-order chi connectivity index (χ0) is 20.4. The molecular weight excluding hydrogens is 388 g/mol. The number of methoxy groups -OCH3 is 1. The van der Waals surface area contributed by atoms with Crippen LogP contribution in [0.1, 0.15) is 37.7 Å². The van der Waals surface area contributed by atoms with Crippen molar-refractivity contribution in [2.45, 2.75) is 32.1 Å². The summed E-state index contributed by atoms with van der Waals surface area (Å²) >= 11 is 0.934. The second-order valence-electron chi connectivity index (χ2n) is 8.10. The number of ether oxygens (including phenoxy) is 1. The maximum absolute atomic E-state index is 12.6. The van der Waals surface area contributed by atoms with E-state index in [1.54, 1.807) is 13.2 Å². The number of benzene rings is 1. The lowest BCUT2D eigenvalue weighted by molar-refractivity contribution is -0.124. The van der Waals surface area contributed by atoms with Crippen LogP contribution in [0.25, 0.3) is 6.08 Å². The van der Waals surface area contributed by atoms with Crippen molar-refractivity contribution in [2.75, 3.05) is 20.2 Å². The first-order valence-corrected chi connectivity index (χ1v) is 11.0. The summed E-state index contributed by atoms with van der Waals surface area (Å²) in [6.45, 7) is 0.501. The van der Waals surface area contributed by atoms with E-state index in [-0.39, 0.29) is 23.6 Å². The molecule has 6 nitrogen and oxygen atoms in total. The lowest BCUT2D eigenvalue weighted by Gasteiger charge is -2.21. The highest BCUT2D eigenvalue weighted by atomic mass is 32.2. The molecule has 1 saturated heterocycles. The van der Waals surface area contributed by atoms with Crippen LogP contribution in [0.5, 0.6) is 5.75 Å². The van der Waals surface area contributed by atoms with E-state index in [4.69, 9.17) is 4.74 Å². The van der Waals surface area contributed by atoms with E-state index in [1.807, 2.05) is 24.3 Å². The normalized spacial score (nSPS) is 27.1. The minimum Gasteiger partial charge on any atom is -0.497 e. The Labute approximate surface area is 175 Å². The van der Waals surface area contributed by atoms with Gasteiger partial charge in [0.2, 0.25) is 5.91 Å². The average molecular weight is 415 g/mol. The number of hydrogen-bond donors (Lipinski definition) is 1. The van der Waals surface area contributed by atoms with E-state index < -0.39 is 0 Å². The van der Waals surface area contributed by atoms with E-state index in [2.05, 4.69) is 5.32 Å². The minimum atomic E-state index is -0.307. The lowest BCUT2D eigenvalue weighted by atomic mass is 9.86. The van der Waals surface area contributed by atoms with E-state index in [9.17, 15) is 14.4 Å². The second-order valence-corrected chi connectivity index (χ2v) is 9.09. The fourth-order valence-electron chi connectivity index (χ4n) is 4.79. The first-order valence-electron chi connectivity index (χ1n) is 10.2. The Morgan fingerprint density at radius 1 is 1.24 bits per heavy atom. The van der Waals surface area contributed by atoms with Crippen LogP contribution in [0, 0.1) is 17.8 Å². The molecule has 1 aromatic carbocycles. The van der Waals surface area contributed by atoms with Crippen LogP contribution in [-0.4, -0.2) is 42.2 Å². The van der Waals surface area contributed by atoms with Crippen molar-refractivity contribution in [3.63, 3.8) is 0 Å². The summed E-state index contributed by atoms with van der Waals surface area (Å²) < 4.78 is 5.12. The zero-order valence-electron chi connectivity index (χ0n) is 16.6. The molecule has 29 heavy (non-hydrogen) atoms. The maximum Gasteiger partial charge on any atom is 0.293 e. The molecule has 1 aliphatic heterocycles. The third-order valence-electron chi connectivity index (χ3n) is 6.28. The summed E-state index contributed by atoms with van der Waals surface area (Å²) in [6, 6.07) is 7.29. The van der Waals surface area contributed by atoms with Gasteiger partial charge in [0.15, 0.2) is 0 Å². The molecule has 154 valence electrons. The van der Waals surface area contributed by atoms with Crippen molar-refractivity contribution >= 4 is 34.9 Å². The van der Waals surface area contributed by atoms with Crippen LogP contribution in [0.4, 0.5) is 4.79 Å². The molecule has 0 unspecified atom stereocenters. The van der Waals surface area contributed by atoms with E-state index in [1.165, 1.54) is 30.6 Å². The standard InChI is InChI=1S/C22H26N2O4S/c1-28-18-6-3-14(4-7-18)12-19-21(26)24(22(27)29-19)9-8-23-20(25)13-17-11-15-2-5-16(17)10-15/h3-4,6-7,12,15-17H,2,5,8-11,13H2,1H3,(H,23,25)/b19-12-/t15-,16-,17-/m1/s1. The largest absolute Gasteiger partial charge is 0.497 e. The molecule has 4 rings (SSSR count). The molecule has 7 heteroatoms. The number of nitrogens with zero attached hydrogens (tertiary/aromatic N) is 1. The quantitative estimate of drug-likeness (QED) is 0.689. The number of carbonyl (C=O) groups is 3. The Balaban J connectivity index is 1.26. The van der Waals surface area contributed by atoms with Gasteiger partial charge in [-0.25, -0.2) is 0 Å². The smallest absolute Gasteiger partial charge is 0.293 e. The molecular formula is C22H26N2O4S. The van der Waals surface area contributed by atoms with Crippen LogP contribution >= 0.6 is 11.8 Å². The summed E-state index contributed by atoms with van der Waals surface area (Å²) in [7, 11) is 1.59. The Kier molecular flexibility index (Phi) is 5.94. The molecule has 0 spiro atoms. The van der Waals surface area contributed by atoms with Crippen LogP contribution in [0.15, 0.2) is 29.2 Å². The highest BCUT2D eigenvalue weighted by Crippen LogP contribution is 2.49. The molecule has 3 aliphatic rings. The molecule has 2 saturated carbocycles. The summed E-state index contributed by atoms with van der Waals surface area (Å²) in [4.78, 5) is 38.6. The predicted octanol–water partition coefficient (Wildman–Crippen LogP) is 3.67. The molecule has 1 aromatic rings. The summed E-state index contributed by atoms with van der Waals surface area (Å²) in [5, 5.41) is 2.59. The van der Waals surface area contributed by atoms with Gasteiger partial charge in [0.05, 0.1) is 12.0 Å². The molecule has 3 amide bonds. The second kappa shape index (κ2) is 8.61. The molecule has 1 heterocycles. The van der Waals surface area contributed by atoms with Crippen LogP contribution in [0.3, 0.4) is 0 Å².